The smallest absolute Gasteiger partial charge is 0.252 e. The van der Waals surface area contributed by atoms with Crippen molar-refractivity contribution < 1.29 is 14.3 Å². The molecule has 3 N–H and O–H groups in total. The Balaban J connectivity index is 1.93. The van der Waals surface area contributed by atoms with E-state index >= 15 is 0 Å². The van der Waals surface area contributed by atoms with Crippen LogP contribution in [0.1, 0.15) is 28.4 Å². The first-order valence-electron chi connectivity index (χ1n) is 8.01. The molecule has 0 aliphatic heterocycles. The van der Waals surface area contributed by atoms with Gasteiger partial charge >= 0.3 is 0 Å². The molecule has 2 aromatic carbocycles. The maximum atomic E-state index is 11.5. The molecule has 2 rings (SSSR count). The summed E-state index contributed by atoms with van der Waals surface area (Å²) in [6.07, 6.45) is 0. The van der Waals surface area contributed by atoms with Crippen molar-refractivity contribution in [1.82, 2.24) is 4.72 Å². The first-order chi connectivity index (χ1) is 11.9. The summed E-state index contributed by atoms with van der Waals surface area (Å²) in [6.45, 7) is 6.35. The van der Waals surface area contributed by atoms with E-state index < -0.39 is 5.91 Å². The highest BCUT2D eigenvalue weighted by Crippen LogP contribution is 2.28. The van der Waals surface area contributed by atoms with Gasteiger partial charge in [-0.25, -0.2) is 0 Å². The molecule has 0 aliphatic rings. The van der Waals surface area contributed by atoms with Gasteiger partial charge in [-0.2, -0.15) is 0 Å². The number of benzene rings is 2. The lowest BCUT2D eigenvalue weighted by atomic mass is 10.1. The minimum Gasteiger partial charge on any atom is -0.496 e. The van der Waals surface area contributed by atoms with E-state index in [0.29, 0.717) is 17.9 Å². The number of rotatable bonds is 8. The van der Waals surface area contributed by atoms with Gasteiger partial charge in [-0.1, -0.05) is 17.7 Å². The molecule has 0 aromatic heterocycles. The van der Waals surface area contributed by atoms with E-state index in [9.17, 15) is 4.79 Å². The molecule has 0 unspecified atom stereocenters. The summed E-state index contributed by atoms with van der Waals surface area (Å²) in [4.78, 5) is 12.5. The van der Waals surface area contributed by atoms with Gasteiger partial charge in [0.05, 0.1) is 17.6 Å². The molecule has 0 heterocycles. The first-order valence-corrected chi connectivity index (χ1v) is 8.82. The molecule has 6 heteroatoms. The van der Waals surface area contributed by atoms with Gasteiger partial charge in [0.1, 0.15) is 18.1 Å². The number of aryl methyl sites for hydroxylation is 2. The molecule has 0 saturated carbocycles. The van der Waals surface area contributed by atoms with Gasteiger partial charge in [-0.05, 0) is 62.5 Å². The number of nitrogens with two attached hydrogens (primary N) is 1. The number of nitrogens with one attached hydrogen (secondary N) is 1. The molecular formula is C19H24N2O3S. The monoisotopic (exact) mass is 360 g/mol. The van der Waals surface area contributed by atoms with Crippen LogP contribution in [0, 0.1) is 13.8 Å². The molecule has 0 saturated heterocycles. The molecule has 1 amide bonds. The Labute approximate surface area is 153 Å². The molecule has 2 aromatic rings. The van der Waals surface area contributed by atoms with Crippen molar-refractivity contribution in [2.24, 2.45) is 5.73 Å². The van der Waals surface area contributed by atoms with Gasteiger partial charge in [0.25, 0.3) is 5.91 Å². The third-order valence-electron chi connectivity index (χ3n) is 3.58. The summed E-state index contributed by atoms with van der Waals surface area (Å²) < 4.78 is 14.5. The van der Waals surface area contributed by atoms with Crippen LogP contribution in [0.4, 0.5) is 0 Å². The Morgan fingerprint density at radius 1 is 1.16 bits per heavy atom. The summed E-state index contributed by atoms with van der Waals surface area (Å²) in [5.74, 6) is 0.850. The van der Waals surface area contributed by atoms with E-state index in [-0.39, 0.29) is 6.04 Å². The topological polar surface area (TPSA) is 73.6 Å². The predicted molar refractivity (Wildman–Crippen MR) is 101 cm³/mol. The fourth-order valence-corrected chi connectivity index (χ4v) is 3.01. The molecule has 5 nitrogen and oxygen atoms in total. The van der Waals surface area contributed by atoms with Crippen LogP contribution < -0.4 is 19.9 Å². The average molecular weight is 360 g/mol. The highest BCUT2D eigenvalue weighted by Gasteiger charge is 2.12. The summed E-state index contributed by atoms with van der Waals surface area (Å²) in [5.41, 5.74) is 7.93. The van der Waals surface area contributed by atoms with E-state index in [4.69, 9.17) is 15.2 Å². The van der Waals surface area contributed by atoms with Crippen LogP contribution in [0.2, 0.25) is 0 Å². The quantitative estimate of drug-likeness (QED) is 0.705. The van der Waals surface area contributed by atoms with Crippen LogP contribution in [0.3, 0.4) is 0 Å². The second-order valence-electron chi connectivity index (χ2n) is 5.95. The molecule has 0 fully saturated rings. The SMILES string of the molecule is COc1cc(C)ccc1SN[C@@H](C)COc1ccc(C)cc1C(N)=O. The standard InChI is InChI=1S/C19H24N2O3S/c1-12-5-7-16(15(9-12)19(20)22)24-11-14(3)21-25-18-8-6-13(2)10-17(18)23-4/h5-10,14,21H,11H2,1-4H3,(H2,20,22)/t14-/m0/s1. The van der Waals surface area contributed by atoms with Crippen LogP contribution in [0.5, 0.6) is 11.5 Å². The first kappa shape index (κ1) is 19.1. The lowest BCUT2D eigenvalue weighted by molar-refractivity contribution is 0.0996. The summed E-state index contributed by atoms with van der Waals surface area (Å²) >= 11 is 1.49. The van der Waals surface area contributed by atoms with Crippen molar-refractivity contribution in [3.05, 3.63) is 53.1 Å². The minimum atomic E-state index is -0.488. The zero-order valence-electron chi connectivity index (χ0n) is 15.0. The maximum Gasteiger partial charge on any atom is 0.252 e. The lowest BCUT2D eigenvalue weighted by Crippen LogP contribution is -2.27. The third kappa shape index (κ3) is 5.41. The Kier molecular flexibility index (Phi) is 6.73. The molecule has 0 aliphatic carbocycles. The van der Waals surface area contributed by atoms with Gasteiger partial charge in [-0.15, -0.1) is 0 Å². The number of hydrogen-bond donors (Lipinski definition) is 2. The Morgan fingerprint density at radius 3 is 2.52 bits per heavy atom. The molecule has 0 radical (unpaired) electrons. The number of methoxy groups -OCH3 is 1. The number of carbonyl (C=O) groups excluding carboxylic acids is 1. The van der Waals surface area contributed by atoms with E-state index in [0.717, 1.165) is 21.8 Å². The van der Waals surface area contributed by atoms with Crippen LogP contribution in [-0.2, 0) is 0 Å². The van der Waals surface area contributed by atoms with E-state index in [1.165, 1.54) is 11.9 Å². The lowest BCUT2D eigenvalue weighted by Gasteiger charge is -2.17. The normalized spacial score (nSPS) is 11.8. The van der Waals surface area contributed by atoms with Crippen molar-refractivity contribution in [3.8, 4) is 11.5 Å². The average Bonchev–Trinajstić information content (AvgIpc) is 2.59. The Hall–Kier alpha value is -2.18. The fraction of sp³-hybridized carbons (Fsp3) is 0.316. The van der Waals surface area contributed by atoms with E-state index in [1.54, 1.807) is 19.2 Å². The van der Waals surface area contributed by atoms with Crippen molar-refractivity contribution in [1.29, 1.82) is 0 Å². The third-order valence-corrected chi connectivity index (χ3v) is 4.66. The molecule has 1 atom stereocenters. The number of hydrogen-bond acceptors (Lipinski definition) is 5. The minimum absolute atomic E-state index is 0.0537. The van der Waals surface area contributed by atoms with Crippen molar-refractivity contribution in [2.75, 3.05) is 13.7 Å². The summed E-state index contributed by atoms with van der Waals surface area (Å²) in [5, 5.41) is 0. The van der Waals surface area contributed by atoms with Crippen molar-refractivity contribution in [2.45, 2.75) is 31.7 Å². The van der Waals surface area contributed by atoms with Crippen LogP contribution >= 0.6 is 11.9 Å². The predicted octanol–water partition coefficient (Wildman–Crippen LogP) is 3.48. The molecule has 134 valence electrons. The largest absolute Gasteiger partial charge is 0.496 e. The van der Waals surface area contributed by atoms with E-state index in [2.05, 4.69) is 4.72 Å². The fourth-order valence-electron chi connectivity index (χ4n) is 2.23. The van der Waals surface area contributed by atoms with Crippen LogP contribution in [0.25, 0.3) is 0 Å². The molecule has 0 spiro atoms. The van der Waals surface area contributed by atoms with Crippen molar-refractivity contribution in [3.63, 3.8) is 0 Å². The second-order valence-corrected chi connectivity index (χ2v) is 6.83. The van der Waals surface area contributed by atoms with Gasteiger partial charge in [0.2, 0.25) is 0 Å². The van der Waals surface area contributed by atoms with Gasteiger partial charge in [0, 0.05) is 6.04 Å². The van der Waals surface area contributed by atoms with Crippen LogP contribution in [0.15, 0.2) is 41.3 Å². The molecule has 25 heavy (non-hydrogen) atoms. The van der Waals surface area contributed by atoms with E-state index in [1.807, 2.05) is 45.0 Å². The zero-order chi connectivity index (χ0) is 18.4. The summed E-state index contributed by atoms with van der Waals surface area (Å²) in [6, 6.07) is 11.5. The highest BCUT2D eigenvalue weighted by molar-refractivity contribution is 7.97. The van der Waals surface area contributed by atoms with Gasteiger partial charge in [-0.3, -0.25) is 9.52 Å². The number of primary amides is 1. The molecular weight excluding hydrogens is 336 g/mol. The number of ether oxygens (including phenoxy) is 2. The molecule has 0 bridgehead atoms. The van der Waals surface area contributed by atoms with Gasteiger partial charge in [0.15, 0.2) is 0 Å². The Morgan fingerprint density at radius 2 is 1.84 bits per heavy atom. The highest BCUT2D eigenvalue weighted by atomic mass is 32.2. The van der Waals surface area contributed by atoms with Gasteiger partial charge < -0.3 is 15.2 Å². The zero-order valence-corrected chi connectivity index (χ0v) is 15.8. The second kappa shape index (κ2) is 8.78. The number of carbonyl (C=O) groups is 1. The van der Waals surface area contributed by atoms with Crippen LogP contribution in [-0.4, -0.2) is 25.7 Å². The maximum absolute atomic E-state index is 11.5. The number of amides is 1. The summed E-state index contributed by atoms with van der Waals surface area (Å²) in [7, 11) is 1.66. The Bertz CT molecular complexity index is 749. The van der Waals surface area contributed by atoms with Crippen molar-refractivity contribution >= 4 is 17.9 Å².